The van der Waals surface area contributed by atoms with Crippen LogP contribution >= 0.6 is 15.9 Å². The van der Waals surface area contributed by atoms with Crippen LogP contribution in [0.2, 0.25) is 0 Å². The van der Waals surface area contributed by atoms with Crippen LogP contribution in [0.15, 0.2) is 28.7 Å². The highest BCUT2D eigenvalue weighted by Crippen LogP contribution is 2.15. The van der Waals surface area contributed by atoms with E-state index in [0.717, 1.165) is 23.0 Å². The van der Waals surface area contributed by atoms with Gasteiger partial charge < -0.3 is 15.0 Å². The number of morpholine rings is 1. The number of ether oxygens (including phenoxy) is 1. The van der Waals surface area contributed by atoms with E-state index in [-0.39, 0.29) is 12.0 Å². The topological polar surface area (TPSA) is 41.6 Å². The van der Waals surface area contributed by atoms with Crippen molar-refractivity contribution >= 4 is 21.8 Å². The molecule has 4 nitrogen and oxygen atoms in total. The molecule has 104 valence electrons. The number of hydrogen-bond acceptors (Lipinski definition) is 3. The number of carbonyl (C=O) groups excluding carboxylic acids is 1. The fraction of sp³-hybridized carbons (Fsp3) is 0.500. The zero-order valence-electron chi connectivity index (χ0n) is 11.1. The first-order valence-electron chi connectivity index (χ1n) is 6.51. The van der Waals surface area contributed by atoms with E-state index in [1.165, 1.54) is 0 Å². The second-order valence-corrected chi connectivity index (χ2v) is 5.56. The average molecular weight is 327 g/mol. The van der Waals surface area contributed by atoms with E-state index in [2.05, 4.69) is 21.2 Å². The van der Waals surface area contributed by atoms with Gasteiger partial charge >= 0.3 is 0 Å². The molecular weight excluding hydrogens is 308 g/mol. The van der Waals surface area contributed by atoms with E-state index >= 15 is 0 Å². The number of carbonyl (C=O) groups is 1. The van der Waals surface area contributed by atoms with Crippen LogP contribution in [-0.2, 0) is 4.74 Å². The van der Waals surface area contributed by atoms with E-state index in [4.69, 9.17) is 4.74 Å². The van der Waals surface area contributed by atoms with Gasteiger partial charge in [0.05, 0.1) is 12.7 Å². The summed E-state index contributed by atoms with van der Waals surface area (Å²) in [6, 6.07) is 7.49. The van der Waals surface area contributed by atoms with Gasteiger partial charge in [-0.15, -0.1) is 0 Å². The molecule has 1 N–H and O–H groups in total. The van der Waals surface area contributed by atoms with E-state index in [0.29, 0.717) is 19.7 Å². The van der Waals surface area contributed by atoms with E-state index in [1.54, 1.807) is 0 Å². The van der Waals surface area contributed by atoms with E-state index in [1.807, 2.05) is 36.2 Å². The minimum Gasteiger partial charge on any atom is -0.374 e. The van der Waals surface area contributed by atoms with Crippen molar-refractivity contribution in [3.05, 3.63) is 34.3 Å². The van der Waals surface area contributed by atoms with E-state index in [9.17, 15) is 4.79 Å². The van der Waals surface area contributed by atoms with Crippen LogP contribution in [0.4, 0.5) is 0 Å². The van der Waals surface area contributed by atoms with Crippen molar-refractivity contribution in [1.82, 2.24) is 10.2 Å². The highest BCUT2D eigenvalue weighted by Gasteiger charge is 2.24. The van der Waals surface area contributed by atoms with Crippen molar-refractivity contribution < 1.29 is 9.53 Å². The molecule has 1 heterocycles. The van der Waals surface area contributed by atoms with Crippen LogP contribution in [0.1, 0.15) is 16.8 Å². The van der Waals surface area contributed by atoms with Gasteiger partial charge in [0.25, 0.3) is 5.91 Å². The molecule has 1 fully saturated rings. The smallest absolute Gasteiger partial charge is 0.254 e. The molecule has 0 radical (unpaired) electrons. The Morgan fingerprint density at radius 1 is 1.47 bits per heavy atom. The zero-order valence-corrected chi connectivity index (χ0v) is 12.6. The summed E-state index contributed by atoms with van der Waals surface area (Å²) in [5.74, 6) is 0.0882. The summed E-state index contributed by atoms with van der Waals surface area (Å²) in [6.07, 6.45) is 1.07. The average Bonchev–Trinajstić information content (AvgIpc) is 2.45. The number of nitrogens with zero attached hydrogens (tertiary/aromatic N) is 1. The van der Waals surface area contributed by atoms with Gasteiger partial charge in [-0.1, -0.05) is 15.9 Å². The standard InChI is InChI=1S/C14H19BrN2O2/c1-16-7-6-13-10-17(8-9-19-13)14(18)11-2-4-12(15)5-3-11/h2-5,13,16H,6-10H2,1H3. The Morgan fingerprint density at radius 2 is 2.21 bits per heavy atom. The minimum absolute atomic E-state index is 0.0882. The number of hydrogen-bond donors (Lipinski definition) is 1. The highest BCUT2D eigenvalue weighted by molar-refractivity contribution is 9.10. The molecule has 2 rings (SSSR count). The van der Waals surface area contributed by atoms with Gasteiger partial charge in [-0.3, -0.25) is 4.79 Å². The van der Waals surface area contributed by atoms with Gasteiger partial charge in [-0.05, 0) is 44.3 Å². The van der Waals surface area contributed by atoms with Crippen molar-refractivity contribution in [2.75, 3.05) is 33.3 Å². The molecule has 0 aliphatic carbocycles. The summed E-state index contributed by atoms with van der Waals surface area (Å²) in [4.78, 5) is 14.3. The maximum atomic E-state index is 12.4. The monoisotopic (exact) mass is 326 g/mol. The Hall–Kier alpha value is -0.910. The fourth-order valence-corrected chi connectivity index (χ4v) is 2.42. The first kappa shape index (κ1) is 14.5. The third-order valence-corrected chi connectivity index (χ3v) is 3.76. The number of benzene rings is 1. The van der Waals surface area contributed by atoms with Crippen molar-refractivity contribution in [3.63, 3.8) is 0 Å². The molecule has 1 unspecified atom stereocenters. The lowest BCUT2D eigenvalue weighted by atomic mass is 10.1. The third-order valence-electron chi connectivity index (χ3n) is 3.23. The molecule has 1 aromatic carbocycles. The molecule has 1 aromatic rings. The second kappa shape index (κ2) is 7.03. The Labute approximate surface area is 122 Å². The summed E-state index contributed by atoms with van der Waals surface area (Å²) in [5.41, 5.74) is 0.734. The molecule has 0 bridgehead atoms. The molecule has 1 aliphatic heterocycles. The summed E-state index contributed by atoms with van der Waals surface area (Å²) in [6.45, 7) is 2.88. The largest absolute Gasteiger partial charge is 0.374 e. The molecule has 1 atom stereocenters. The van der Waals surface area contributed by atoms with Gasteiger partial charge in [0.1, 0.15) is 0 Å². The number of rotatable bonds is 4. The Balaban J connectivity index is 1.96. The van der Waals surface area contributed by atoms with Crippen molar-refractivity contribution in [2.24, 2.45) is 0 Å². The van der Waals surface area contributed by atoms with Crippen LogP contribution in [0, 0.1) is 0 Å². The molecule has 0 saturated carbocycles. The molecule has 0 spiro atoms. The predicted octanol–water partition coefficient (Wildman–Crippen LogP) is 1.90. The SMILES string of the molecule is CNCCC1CN(C(=O)c2ccc(Br)cc2)CCO1. The van der Waals surface area contributed by atoms with E-state index < -0.39 is 0 Å². The van der Waals surface area contributed by atoms with Crippen LogP contribution < -0.4 is 5.32 Å². The lowest BCUT2D eigenvalue weighted by Crippen LogP contribution is -2.46. The van der Waals surface area contributed by atoms with Crippen LogP contribution in [-0.4, -0.2) is 50.2 Å². The number of halogens is 1. The summed E-state index contributed by atoms with van der Waals surface area (Å²) in [7, 11) is 1.92. The van der Waals surface area contributed by atoms with Gasteiger partial charge in [-0.2, -0.15) is 0 Å². The normalized spacial score (nSPS) is 19.5. The lowest BCUT2D eigenvalue weighted by molar-refractivity contribution is -0.0243. The van der Waals surface area contributed by atoms with Crippen LogP contribution in [0.25, 0.3) is 0 Å². The van der Waals surface area contributed by atoms with Crippen molar-refractivity contribution in [3.8, 4) is 0 Å². The summed E-state index contributed by atoms with van der Waals surface area (Å²) < 4.78 is 6.66. The molecule has 1 amide bonds. The third kappa shape index (κ3) is 4.03. The lowest BCUT2D eigenvalue weighted by Gasteiger charge is -2.33. The van der Waals surface area contributed by atoms with Crippen LogP contribution in [0.5, 0.6) is 0 Å². The van der Waals surface area contributed by atoms with Gasteiger partial charge in [0.2, 0.25) is 0 Å². The summed E-state index contributed by atoms with van der Waals surface area (Å²) >= 11 is 3.38. The highest BCUT2D eigenvalue weighted by atomic mass is 79.9. The molecule has 5 heteroatoms. The molecule has 19 heavy (non-hydrogen) atoms. The predicted molar refractivity (Wildman–Crippen MR) is 78.3 cm³/mol. The summed E-state index contributed by atoms with van der Waals surface area (Å²) in [5, 5.41) is 3.11. The van der Waals surface area contributed by atoms with Crippen molar-refractivity contribution in [1.29, 1.82) is 0 Å². The van der Waals surface area contributed by atoms with Crippen LogP contribution in [0.3, 0.4) is 0 Å². The molecule has 0 aromatic heterocycles. The molecule has 1 saturated heterocycles. The van der Waals surface area contributed by atoms with Gasteiger partial charge in [-0.25, -0.2) is 0 Å². The molecule has 1 aliphatic rings. The van der Waals surface area contributed by atoms with Gasteiger partial charge in [0.15, 0.2) is 0 Å². The number of nitrogens with one attached hydrogen (secondary N) is 1. The maximum Gasteiger partial charge on any atom is 0.254 e. The first-order valence-corrected chi connectivity index (χ1v) is 7.31. The Kier molecular flexibility index (Phi) is 5.36. The number of amides is 1. The minimum atomic E-state index is 0.0882. The van der Waals surface area contributed by atoms with Gasteiger partial charge in [0, 0.05) is 23.1 Å². The molecular formula is C14H19BrN2O2. The zero-order chi connectivity index (χ0) is 13.7. The second-order valence-electron chi connectivity index (χ2n) is 4.64. The first-order chi connectivity index (χ1) is 9.20. The Bertz CT molecular complexity index is 422. The van der Waals surface area contributed by atoms with Crippen molar-refractivity contribution in [2.45, 2.75) is 12.5 Å². The maximum absolute atomic E-state index is 12.4. The quantitative estimate of drug-likeness (QED) is 0.918. The fourth-order valence-electron chi connectivity index (χ4n) is 2.16. The Morgan fingerprint density at radius 3 is 2.89 bits per heavy atom.